The molecule has 0 aliphatic heterocycles. The lowest BCUT2D eigenvalue weighted by atomic mass is 9.98. The SMILES string of the molecule is CCOc1ccc(-c2cc(-c3cc(F)ccc3F)c(C#N)c(N)n2)cc1. The number of benzene rings is 2. The lowest BCUT2D eigenvalue weighted by Gasteiger charge is -2.11. The molecule has 0 saturated heterocycles. The Morgan fingerprint density at radius 2 is 1.81 bits per heavy atom. The molecule has 6 heteroatoms. The molecule has 0 spiro atoms. The molecule has 26 heavy (non-hydrogen) atoms. The zero-order valence-electron chi connectivity index (χ0n) is 14.0. The van der Waals surface area contributed by atoms with E-state index in [0.29, 0.717) is 23.6 Å². The number of nitrogens with zero attached hydrogens (tertiary/aromatic N) is 2. The van der Waals surface area contributed by atoms with E-state index in [9.17, 15) is 14.0 Å². The number of nitriles is 1. The van der Waals surface area contributed by atoms with E-state index in [1.54, 1.807) is 24.3 Å². The van der Waals surface area contributed by atoms with Gasteiger partial charge in [0.25, 0.3) is 0 Å². The van der Waals surface area contributed by atoms with Crippen molar-refractivity contribution in [3.05, 3.63) is 65.7 Å². The monoisotopic (exact) mass is 351 g/mol. The van der Waals surface area contributed by atoms with Crippen LogP contribution in [0.2, 0.25) is 0 Å². The third-order valence-corrected chi connectivity index (χ3v) is 3.84. The molecule has 130 valence electrons. The Morgan fingerprint density at radius 1 is 1.08 bits per heavy atom. The van der Waals surface area contributed by atoms with Crippen LogP contribution in [0.5, 0.6) is 5.75 Å². The number of hydrogen-bond acceptors (Lipinski definition) is 4. The summed E-state index contributed by atoms with van der Waals surface area (Å²) in [6.07, 6.45) is 0. The fourth-order valence-electron chi connectivity index (χ4n) is 2.64. The fourth-order valence-corrected chi connectivity index (χ4v) is 2.64. The first-order chi connectivity index (χ1) is 12.5. The number of nitrogen functional groups attached to an aromatic ring is 1. The van der Waals surface area contributed by atoms with E-state index >= 15 is 0 Å². The second kappa shape index (κ2) is 7.19. The normalized spacial score (nSPS) is 10.4. The number of aromatic nitrogens is 1. The lowest BCUT2D eigenvalue weighted by Crippen LogP contribution is -2.01. The Hall–Kier alpha value is -3.46. The molecule has 0 bridgehead atoms. The zero-order chi connectivity index (χ0) is 18.7. The van der Waals surface area contributed by atoms with Gasteiger partial charge >= 0.3 is 0 Å². The van der Waals surface area contributed by atoms with E-state index in [4.69, 9.17) is 10.5 Å². The van der Waals surface area contributed by atoms with Gasteiger partial charge in [-0.05, 0) is 55.5 Å². The maximum absolute atomic E-state index is 14.2. The minimum Gasteiger partial charge on any atom is -0.494 e. The Balaban J connectivity index is 2.16. The predicted octanol–water partition coefficient (Wildman–Crippen LogP) is 4.55. The summed E-state index contributed by atoms with van der Waals surface area (Å²) < 4.78 is 33.2. The molecule has 1 heterocycles. The van der Waals surface area contributed by atoms with Crippen molar-refractivity contribution in [2.24, 2.45) is 0 Å². The van der Waals surface area contributed by atoms with Gasteiger partial charge in [-0.2, -0.15) is 5.26 Å². The summed E-state index contributed by atoms with van der Waals surface area (Å²) in [5, 5.41) is 9.37. The average Bonchev–Trinajstić information content (AvgIpc) is 2.64. The summed E-state index contributed by atoms with van der Waals surface area (Å²) in [5.41, 5.74) is 7.22. The second-order valence-electron chi connectivity index (χ2n) is 5.51. The van der Waals surface area contributed by atoms with E-state index in [2.05, 4.69) is 4.98 Å². The van der Waals surface area contributed by atoms with Crippen LogP contribution in [0.15, 0.2) is 48.5 Å². The topological polar surface area (TPSA) is 71.9 Å². The molecule has 0 unspecified atom stereocenters. The highest BCUT2D eigenvalue weighted by molar-refractivity contribution is 5.80. The van der Waals surface area contributed by atoms with Crippen molar-refractivity contribution in [1.82, 2.24) is 4.98 Å². The number of nitrogens with two attached hydrogens (primary N) is 1. The molecule has 2 aromatic carbocycles. The molecule has 2 N–H and O–H groups in total. The number of ether oxygens (including phenoxy) is 1. The van der Waals surface area contributed by atoms with Crippen LogP contribution in [-0.2, 0) is 0 Å². The van der Waals surface area contributed by atoms with E-state index in [0.717, 1.165) is 18.2 Å². The number of anilines is 1. The van der Waals surface area contributed by atoms with Crippen molar-refractivity contribution in [3.63, 3.8) is 0 Å². The molecule has 1 aromatic heterocycles. The zero-order valence-corrected chi connectivity index (χ0v) is 14.0. The molecule has 3 rings (SSSR count). The van der Waals surface area contributed by atoms with Crippen LogP contribution < -0.4 is 10.5 Å². The van der Waals surface area contributed by atoms with Gasteiger partial charge in [-0.1, -0.05) is 0 Å². The van der Waals surface area contributed by atoms with Crippen molar-refractivity contribution in [2.45, 2.75) is 6.92 Å². The number of halogens is 2. The van der Waals surface area contributed by atoms with E-state index in [-0.39, 0.29) is 22.5 Å². The summed E-state index contributed by atoms with van der Waals surface area (Å²) in [5.74, 6) is -0.596. The average molecular weight is 351 g/mol. The molecule has 0 radical (unpaired) electrons. The van der Waals surface area contributed by atoms with Gasteiger partial charge in [0.05, 0.1) is 12.3 Å². The quantitative estimate of drug-likeness (QED) is 0.749. The minimum atomic E-state index is -0.647. The van der Waals surface area contributed by atoms with E-state index in [1.807, 2.05) is 13.0 Å². The molecule has 0 amide bonds. The Morgan fingerprint density at radius 3 is 2.46 bits per heavy atom. The van der Waals surface area contributed by atoms with Gasteiger partial charge in [-0.3, -0.25) is 0 Å². The Bertz CT molecular complexity index is 995. The van der Waals surface area contributed by atoms with Gasteiger partial charge in [0.2, 0.25) is 0 Å². The van der Waals surface area contributed by atoms with E-state index < -0.39 is 11.6 Å². The Labute approximate surface area is 149 Å². The summed E-state index contributed by atoms with van der Waals surface area (Å²) in [4.78, 5) is 4.23. The van der Waals surface area contributed by atoms with Crippen molar-refractivity contribution in [3.8, 4) is 34.2 Å². The summed E-state index contributed by atoms with van der Waals surface area (Å²) in [6.45, 7) is 2.43. The first-order valence-corrected chi connectivity index (χ1v) is 7.92. The molecule has 4 nitrogen and oxygen atoms in total. The molecule has 0 aliphatic carbocycles. The molecule has 0 aliphatic rings. The minimum absolute atomic E-state index is 0.00388. The maximum atomic E-state index is 14.2. The summed E-state index contributed by atoms with van der Waals surface area (Å²) in [7, 11) is 0. The molecular weight excluding hydrogens is 336 g/mol. The van der Waals surface area contributed by atoms with Crippen LogP contribution in [-0.4, -0.2) is 11.6 Å². The van der Waals surface area contributed by atoms with Gasteiger partial charge in [0.1, 0.15) is 34.8 Å². The lowest BCUT2D eigenvalue weighted by molar-refractivity contribution is 0.340. The van der Waals surface area contributed by atoms with Crippen molar-refractivity contribution in [2.75, 3.05) is 12.3 Å². The maximum Gasteiger partial charge on any atom is 0.142 e. The predicted molar refractivity (Wildman–Crippen MR) is 95.3 cm³/mol. The van der Waals surface area contributed by atoms with Crippen LogP contribution in [0.3, 0.4) is 0 Å². The second-order valence-corrected chi connectivity index (χ2v) is 5.51. The van der Waals surface area contributed by atoms with Crippen molar-refractivity contribution < 1.29 is 13.5 Å². The van der Waals surface area contributed by atoms with Gasteiger partial charge in [-0.15, -0.1) is 0 Å². The van der Waals surface area contributed by atoms with Crippen LogP contribution in [0, 0.1) is 23.0 Å². The van der Waals surface area contributed by atoms with Crippen LogP contribution in [0.1, 0.15) is 12.5 Å². The van der Waals surface area contributed by atoms with Crippen LogP contribution in [0.4, 0.5) is 14.6 Å². The van der Waals surface area contributed by atoms with E-state index in [1.165, 1.54) is 6.07 Å². The number of hydrogen-bond donors (Lipinski definition) is 1. The Kier molecular flexibility index (Phi) is 4.81. The molecule has 3 aromatic rings. The first-order valence-electron chi connectivity index (χ1n) is 7.92. The van der Waals surface area contributed by atoms with Gasteiger partial charge in [-0.25, -0.2) is 13.8 Å². The molecule has 0 fully saturated rings. The molecule has 0 saturated carbocycles. The van der Waals surface area contributed by atoms with Crippen molar-refractivity contribution >= 4 is 5.82 Å². The molecular formula is C20H15F2N3O. The highest BCUT2D eigenvalue weighted by Gasteiger charge is 2.17. The fraction of sp³-hybridized carbons (Fsp3) is 0.100. The van der Waals surface area contributed by atoms with Crippen LogP contribution in [0.25, 0.3) is 22.4 Å². The first kappa shape index (κ1) is 17.4. The van der Waals surface area contributed by atoms with Gasteiger partial charge < -0.3 is 10.5 Å². The summed E-state index contributed by atoms with van der Waals surface area (Å²) >= 11 is 0. The van der Waals surface area contributed by atoms with Crippen molar-refractivity contribution in [1.29, 1.82) is 5.26 Å². The van der Waals surface area contributed by atoms with Gasteiger partial charge in [0, 0.05) is 16.7 Å². The van der Waals surface area contributed by atoms with Gasteiger partial charge in [0.15, 0.2) is 0 Å². The number of rotatable bonds is 4. The number of pyridine rings is 1. The highest BCUT2D eigenvalue weighted by Crippen LogP contribution is 2.33. The smallest absolute Gasteiger partial charge is 0.142 e. The highest BCUT2D eigenvalue weighted by atomic mass is 19.1. The largest absolute Gasteiger partial charge is 0.494 e. The third kappa shape index (κ3) is 3.33. The third-order valence-electron chi connectivity index (χ3n) is 3.84. The molecule has 0 atom stereocenters. The summed E-state index contributed by atoms with van der Waals surface area (Å²) in [6, 6.07) is 13.6. The van der Waals surface area contributed by atoms with Crippen LogP contribution >= 0.6 is 0 Å². The standard InChI is InChI=1S/C20H15F2N3O/c1-2-26-14-6-3-12(4-7-14)19-10-15(17(11-23)20(24)25-19)16-9-13(21)5-8-18(16)22/h3-10H,2H2,1H3,(H2,24,25).